The van der Waals surface area contributed by atoms with E-state index in [4.69, 9.17) is 23.7 Å². The minimum Gasteiger partial charge on any atom is -0.489 e. The number of methoxy groups -OCH3 is 1. The van der Waals surface area contributed by atoms with Crippen molar-refractivity contribution in [2.45, 2.75) is 26.3 Å². The molecule has 0 unspecified atom stereocenters. The van der Waals surface area contributed by atoms with E-state index in [1.165, 1.54) is 35.0 Å². The molecule has 1 N–H and O–H groups in total. The number of rotatable bonds is 14. The Morgan fingerprint density at radius 2 is 1.72 bits per heavy atom. The summed E-state index contributed by atoms with van der Waals surface area (Å²) in [7, 11) is 3.68. The molecule has 0 bridgehead atoms. The number of benzene rings is 3. The zero-order valence-corrected chi connectivity index (χ0v) is 29.7. The van der Waals surface area contributed by atoms with Gasteiger partial charge in [0.05, 0.1) is 29.8 Å². The molecular weight excluding hydrogens is 692 g/mol. The maximum Gasteiger partial charge on any atom is 0.335 e. The van der Waals surface area contributed by atoms with Gasteiger partial charge in [-0.2, -0.15) is 0 Å². The quantitative estimate of drug-likeness (QED) is 0.145. The average Bonchev–Trinajstić information content (AvgIpc) is 3.14. The van der Waals surface area contributed by atoms with Gasteiger partial charge in [-0.3, -0.25) is 19.1 Å². The number of carbonyl (C=O) groups excluding carboxylic acids is 1. The van der Waals surface area contributed by atoms with Gasteiger partial charge in [-0.25, -0.2) is 18.1 Å². The first-order chi connectivity index (χ1) is 25.5. The third kappa shape index (κ3) is 8.16. The molecule has 13 nitrogen and oxygen atoms in total. The first-order valence-corrected chi connectivity index (χ1v) is 17.0. The molecule has 15 heteroatoms. The van der Waals surface area contributed by atoms with Crippen LogP contribution in [0, 0.1) is 11.6 Å². The number of anilines is 1. The van der Waals surface area contributed by atoms with E-state index < -0.39 is 34.8 Å². The number of halogens is 2. The molecule has 2 aromatic heterocycles. The van der Waals surface area contributed by atoms with Crippen LogP contribution in [0.3, 0.4) is 0 Å². The summed E-state index contributed by atoms with van der Waals surface area (Å²) in [6.07, 6.45) is 3.43. The van der Waals surface area contributed by atoms with Gasteiger partial charge in [-0.15, -0.1) is 0 Å². The first-order valence-electron chi connectivity index (χ1n) is 17.0. The van der Waals surface area contributed by atoms with E-state index in [1.54, 1.807) is 33.1 Å². The molecule has 1 aliphatic rings. The number of likely N-dealkylation sites (N-methyl/N-ethyl adjacent to an activating group) is 1. The normalized spacial score (nSPS) is 12.4. The van der Waals surface area contributed by atoms with Crippen LogP contribution in [0.5, 0.6) is 28.7 Å². The number of amides is 1. The van der Waals surface area contributed by atoms with Gasteiger partial charge in [0.25, 0.3) is 11.5 Å². The molecule has 0 aliphatic carbocycles. The Kier molecular flexibility index (Phi) is 11.3. The van der Waals surface area contributed by atoms with Gasteiger partial charge in [0.2, 0.25) is 5.75 Å². The van der Waals surface area contributed by atoms with Crippen LogP contribution in [0.15, 0.2) is 76.6 Å². The second-order valence-electron chi connectivity index (χ2n) is 12.6. The molecule has 1 amide bonds. The van der Waals surface area contributed by atoms with Crippen LogP contribution in [-0.4, -0.2) is 78.6 Å². The highest BCUT2D eigenvalue weighted by molar-refractivity contribution is 6.04. The largest absolute Gasteiger partial charge is 0.489 e. The lowest BCUT2D eigenvalue weighted by Crippen LogP contribution is -2.42. The van der Waals surface area contributed by atoms with Gasteiger partial charge in [0.15, 0.2) is 23.1 Å². The van der Waals surface area contributed by atoms with Gasteiger partial charge in [-0.1, -0.05) is 0 Å². The minimum absolute atomic E-state index is 0.0234. The molecule has 0 atom stereocenters. The lowest BCUT2D eigenvalue weighted by Gasteiger charge is -2.24. The Bertz CT molecular complexity index is 2240. The van der Waals surface area contributed by atoms with Gasteiger partial charge in [0.1, 0.15) is 30.3 Å². The standard InChI is InChI=1S/C38H39F2N5O8/c1-23(2)44-22-27(37(47)45(38(44)48)26-9-6-24(39)7-10-26)36(46)42-25-8-11-30(28(40)20-25)53-31-12-13-41-29-21-32(34-35(33(29)31)52-19-18-51-34)50-16-5-14-43(3)15-17-49-4/h6-13,20-23H,5,14-19H2,1-4H3,(H,42,46). The second kappa shape index (κ2) is 16.3. The Morgan fingerprint density at radius 3 is 2.43 bits per heavy atom. The van der Waals surface area contributed by atoms with E-state index in [0.29, 0.717) is 48.0 Å². The second-order valence-corrected chi connectivity index (χ2v) is 12.6. The fraction of sp³-hybridized carbons (Fsp3) is 0.316. The fourth-order valence-electron chi connectivity index (χ4n) is 5.74. The Hall–Kier alpha value is -5.80. The Labute approximate surface area is 303 Å². The lowest BCUT2D eigenvalue weighted by atomic mass is 10.1. The van der Waals surface area contributed by atoms with Gasteiger partial charge < -0.3 is 33.9 Å². The van der Waals surface area contributed by atoms with E-state index in [2.05, 4.69) is 15.2 Å². The molecule has 6 rings (SSSR count). The minimum atomic E-state index is -0.922. The van der Waals surface area contributed by atoms with E-state index in [9.17, 15) is 18.8 Å². The fourth-order valence-corrected chi connectivity index (χ4v) is 5.74. The highest BCUT2D eigenvalue weighted by Gasteiger charge is 2.26. The molecule has 0 saturated carbocycles. The van der Waals surface area contributed by atoms with Crippen molar-refractivity contribution < 1.29 is 37.3 Å². The monoisotopic (exact) mass is 731 g/mol. The van der Waals surface area contributed by atoms with Crippen LogP contribution in [-0.2, 0) is 4.74 Å². The van der Waals surface area contributed by atoms with Crippen LogP contribution in [0.1, 0.15) is 36.7 Å². The van der Waals surface area contributed by atoms with E-state index in [-0.39, 0.29) is 35.0 Å². The van der Waals surface area contributed by atoms with E-state index in [0.717, 1.165) is 48.5 Å². The predicted molar refractivity (Wildman–Crippen MR) is 193 cm³/mol. The molecule has 0 fully saturated rings. The van der Waals surface area contributed by atoms with Crippen LogP contribution in [0.4, 0.5) is 14.5 Å². The van der Waals surface area contributed by atoms with Crippen molar-refractivity contribution in [1.82, 2.24) is 19.0 Å². The SMILES string of the molecule is COCCN(C)CCCOc1cc2nccc(Oc3ccc(NC(=O)c4cn(C(C)C)c(=O)n(-c5ccc(F)cc5)c4=O)cc3F)c2c2c1OCCO2. The maximum absolute atomic E-state index is 15.6. The van der Waals surface area contributed by atoms with Crippen molar-refractivity contribution in [2.24, 2.45) is 0 Å². The van der Waals surface area contributed by atoms with Crippen molar-refractivity contribution >= 4 is 22.5 Å². The lowest BCUT2D eigenvalue weighted by molar-refractivity contribution is 0.102. The van der Waals surface area contributed by atoms with Crippen molar-refractivity contribution in [2.75, 3.05) is 59.0 Å². The highest BCUT2D eigenvalue weighted by atomic mass is 19.1. The number of aromatic nitrogens is 3. The van der Waals surface area contributed by atoms with Crippen LogP contribution < -0.4 is 35.5 Å². The topological polar surface area (TPSA) is 135 Å². The number of carbonyl (C=O) groups is 1. The number of fused-ring (bicyclic) bond motifs is 3. The van der Waals surface area contributed by atoms with Crippen LogP contribution >= 0.6 is 0 Å². The van der Waals surface area contributed by atoms with Crippen LogP contribution in [0.25, 0.3) is 16.6 Å². The van der Waals surface area contributed by atoms with Crippen molar-refractivity contribution in [3.63, 3.8) is 0 Å². The average molecular weight is 732 g/mol. The molecule has 0 saturated heterocycles. The summed E-state index contributed by atoms with van der Waals surface area (Å²) in [6.45, 7) is 6.68. The van der Waals surface area contributed by atoms with Gasteiger partial charge in [-0.05, 0) is 69.8 Å². The number of ether oxygens (including phenoxy) is 5. The summed E-state index contributed by atoms with van der Waals surface area (Å²) < 4.78 is 60.4. The zero-order chi connectivity index (χ0) is 37.6. The van der Waals surface area contributed by atoms with Gasteiger partial charge >= 0.3 is 5.69 Å². The zero-order valence-electron chi connectivity index (χ0n) is 29.7. The molecule has 53 heavy (non-hydrogen) atoms. The molecule has 1 aliphatic heterocycles. The molecule has 5 aromatic rings. The summed E-state index contributed by atoms with van der Waals surface area (Å²) in [4.78, 5) is 46.6. The van der Waals surface area contributed by atoms with Crippen molar-refractivity contribution in [1.29, 1.82) is 0 Å². The molecular formula is C38H39F2N5O8. The third-order valence-corrected chi connectivity index (χ3v) is 8.47. The molecule has 0 radical (unpaired) electrons. The molecule has 0 spiro atoms. The highest BCUT2D eigenvalue weighted by Crippen LogP contribution is 2.48. The maximum atomic E-state index is 15.6. The summed E-state index contributed by atoms with van der Waals surface area (Å²) in [5.74, 6) is -0.939. The first kappa shape index (κ1) is 37.0. The molecule has 3 heterocycles. The molecule has 278 valence electrons. The van der Waals surface area contributed by atoms with Crippen molar-refractivity contribution in [3.05, 3.63) is 105 Å². The smallest absolute Gasteiger partial charge is 0.335 e. The summed E-state index contributed by atoms with van der Waals surface area (Å²) in [6, 6.07) is 11.4. The number of nitrogens with zero attached hydrogens (tertiary/aromatic N) is 4. The van der Waals surface area contributed by atoms with Gasteiger partial charge in [0, 0.05) is 56.5 Å². The third-order valence-electron chi connectivity index (χ3n) is 8.47. The molecule has 3 aromatic carbocycles. The Morgan fingerprint density at radius 1 is 0.962 bits per heavy atom. The van der Waals surface area contributed by atoms with E-state index in [1.807, 2.05) is 7.05 Å². The Balaban J connectivity index is 1.23. The summed E-state index contributed by atoms with van der Waals surface area (Å²) >= 11 is 0. The van der Waals surface area contributed by atoms with E-state index >= 15 is 4.39 Å². The number of hydrogen-bond acceptors (Lipinski definition) is 10. The van der Waals surface area contributed by atoms with Crippen LogP contribution in [0.2, 0.25) is 0 Å². The van der Waals surface area contributed by atoms with Crippen molar-refractivity contribution in [3.8, 4) is 34.4 Å². The summed E-state index contributed by atoms with van der Waals surface area (Å²) in [5, 5.41) is 2.99. The number of hydrogen-bond donors (Lipinski definition) is 1. The number of nitrogens with one attached hydrogen (secondary N) is 1. The predicted octanol–water partition coefficient (Wildman–Crippen LogP) is 5.57. The summed E-state index contributed by atoms with van der Waals surface area (Å²) in [5.41, 5.74) is -1.41. The number of pyridine rings is 1.